The van der Waals surface area contributed by atoms with Crippen molar-refractivity contribution in [2.75, 3.05) is 12.4 Å². The third-order valence-corrected chi connectivity index (χ3v) is 3.07. The van der Waals surface area contributed by atoms with Crippen molar-refractivity contribution in [3.8, 4) is 0 Å². The quantitative estimate of drug-likeness (QED) is 0.889. The highest BCUT2D eigenvalue weighted by atomic mass is 79.9. The van der Waals surface area contributed by atoms with Gasteiger partial charge in [0.15, 0.2) is 0 Å². The molecule has 96 valence electrons. The smallest absolute Gasteiger partial charge is 0.315 e. The first-order valence-corrected chi connectivity index (χ1v) is 6.47. The average Bonchev–Trinajstić information content (AvgIpc) is 2.84. The van der Waals surface area contributed by atoms with Crippen molar-refractivity contribution in [3.05, 3.63) is 40.2 Å². The van der Waals surface area contributed by atoms with Gasteiger partial charge >= 0.3 is 6.01 Å². The molecule has 0 fully saturated rings. The Bertz CT molecular complexity index is 514. The van der Waals surface area contributed by atoms with Crippen LogP contribution in [-0.4, -0.2) is 17.2 Å². The van der Waals surface area contributed by atoms with E-state index in [1.165, 1.54) is 0 Å². The van der Waals surface area contributed by atoms with E-state index in [0.29, 0.717) is 18.5 Å². The highest BCUT2D eigenvalue weighted by molar-refractivity contribution is 9.10. The summed E-state index contributed by atoms with van der Waals surface area (Å²) in [6.07, 6.45) is 0. The van der Waals surface area contributed by atoms with Gasteiger partial charge in [-0.2, -0.15) is 0 Å². The zero-order valence-corrected chi connectivity index (χ0v) is 11.9. The van der Waals surface area contributed by atoms with Gasteiger partial charge in [0.1, 0.15) is 0 Å². The minimum Gasteiger partial charge on any atom is -0.406 e. The Hall–Kier alpha value is -1.40. The molecule has 0 spiro atoms. The van der Waals surface area contributed by atoms with Gasteiger partial charge in [-0.1, -0.05) is 33.2 Å². The molecule has 6 heteroatoms. The van der Waals surface area contributed by atoms with Crippen molar-refractivity contribution in [3.63, 3.8) is 0 Å². The maximum absolute atomic E-state index is 5.48. The summed E-state index contributed by atoms with van der Waals surface area (Å²) in [5, 5.41) is 14.1. The lowest BCUT2D eigenvalue weighted by Gasteiger charge is -2.03. The molecular formula is C12H15BrN4O. The van der Waals surface area contributed by atoms with Gasteiger partial charge in [-0.3, -0.25) is 0 Å². The van der Waals surface area contributed by atoms with Crippen molar-refractivity contribution in [2.24, 2.45) is 0 Å². The fourth-order valence-corrected chi connectivity index (χ4v) is 1.88. The number of nitrogens with zero attached hydrogens (tertiary/aromatic N) is 2. The Labute approximate surface area is 114 Å². The number of hydrogen-bond donors (Lipinski definition) is 2. The van der Waals surface area contributed by atoms with Crippen LogP contribution in [-0.2, 0) is 6.54 Å². The molecule has 2 rings (SSSR count). The molecule has 1 unspecified atom stereocenters. The Morgan fingerprint density at radius 3 is 2.94 bits per heavy atom. The largest absolute Gasteiger partial charge is 0.406 e. The third kappa shape index (κ3) is 3.30. The van der Waals surface area contributed by atoms with E-state index < -0.39 is 0 Å². The maximum atomic E-state index is 5.48. The summed E-state index contributed by atoms with van der Waals surface area (Å²) < 4.78 is 6.53. The number of benzene rings is 1. The van der Waals surface area contributed by atoms with Crippen LogP contribution in [0.3, 0.4) is 0 Å². The fraction of sp³-hybridized carbons (Fsp3) is 0.333. The van der Waals surface area contributed by atoms with Crippen LogP contribution in [0, 0.1) is 0 Å². The highest BCUT2D eigenvalue weighted by Gasteiger charge is 2.11. The predicted octanol–water partition coefficient (Wildman–Crippen LogP) is 2.72. The van der Waals surface area contributed by atoms with Gasteiger partial charge in [-0.05, 0) is 31.7 Å². The zero-order valence-electron chi connectivity index (χ0n) is 10.3. The molecule has 0 aliphatic rings. The number of hydrogen-bond acceptors (Lipinski definition) is 5. The molecule has 1 aromatic heterocycles. The molecule has 1 atom stereocenters. The summed E-state index contributed by atoms with van der Waals surface area (Å²) in [7, 11) is 1.85. The van der Waals surface area contributed by atoms with Crippen LogP contribution in [0.1, 0.15) is 24.4 Å². The molecule has 1 aromatic carbocycles. The Kier molecular flexibility index (Phi) is 4.33. The third-order valence-electron chi connectivity index (χ3n) is 2.58. The first-order chi connectivity index (χ1) is 8.69. The number of nitrogens with one attached hydrogen (secondary N) is 2. The van der Waals surface area contributed by atoms with E-state index in [4.69, 9.17) is 4.42 Å². The second-order valence-corrected chi connectivity index (χ2v) is 4.85. The van der Waals surface area contributed by atoms with Crippen LogP contribution in [0.15, 0.2) is 33.2 Å². The highest BCUT2D eigenvalue weighted by Crippen LogP contribution is 2.15. The van der Waals surface area contributed by atoms with Crippen LogP contribution in [0.2, 0.25) is 0 Å². The molecule has 5 nitrogen and oxygen atoms in total. The van der Waals surface area contributed by atoms with Crippen molar-refractivity contribution >= 4 is 21.9 Å². The normalized spacial score (nSPS) is 12.4. The summed E-state index contributed by atoms with van der Waals surface area (Å²) >= 11 is 3.43. The van der Waals surface area contributed by atoms with Gasteiger partial charge in [-0.15, -0.1) is 5.10 Å². The SMILES string of the molecule is CNC(C)c1nnc(NCc2cccc(Br)c2)o1. The first-order valence-electron chi connectivity index (χ1n) is 5.68. The molecule has 2 N–H and O–H groups in total. The monoisotopic (exact) mass is 310 g/mol. The molecule has 0 aliphatic carbocycles. The number of aromatic nitrogens is 2. The maximum Gasteiger partial charge on any atom is 0.315 e. The Balaban J connectivity index is 1.96. The predicted molar refractivity (Wildman–Crippen MR) is 73.2 cm³/mol. The first kappa shape index (κ1) is 13.0. The Morgan fingerprint density at radius 2 is 2.22 bits per heavy atom. The van der Waals surface area contributed by atoms with E-state index in [2.05, 4.69) is 36.8 Å². The van der Waals surface area contributed by atoms with Crippen LogP contribution in [0.25, 0.3) is 0 Å². The van der Waals surface area contributed by atoms with Crippen molar-refractivity contribution < 1.29 is 4.42 Å². The topological polar surface area (TPSA) is 63.0 Å². The van der Waals surface area contributed by atoms with Gasteiger partial charge in [0.05, 0.1) is 6.04 Å². The molecule has 0 saturated carbocycles. The fourth-order valence-electron chi connectivity index (χ4n) is 1.43. The zero-order chi connectivity index (χ0) is 13.0. The molecule has 0 bridgehead atoms. The van der Waals surface area contributed by atoms with E-state index in [1.54, 1.807) is 0 Å². The van der Waals surface area contributed by atoms with Gasteiger partial charge < -0.3 is 15.1 Å². The van der Waals surface area contributed by atoms with Gasteiger partial charge in [-0.25, -0.2) is 0 Å². The second-order valence-electron chi connectivity index (χ2n) is 3.94. The molecule has 2 aromatic rings. The van der Waals surface area contributed by atoms with Crippen molar-refractivity contribution in [1.29, 1.82) is 0 Å². The minimum absolute atomic E-state index is 0.0546. The van der Waals surface area contributed by atoms with E-state index >= 15 is 0 Å². The summed E-state index contributed by atoms with van der Waals surface area (Å²) in [5.41, 5.74) is 1.14. The molecule has 0 radical (unpaired) electrons. The van der Waals surface area contributed by atoms with E-state index in [9.17, 15) is 0 Å². The molecular weight excluding hydrogens is 296 g/mol. The van der Waals surface area contributed by atoms with Gasteiger partial charge in [0.2, 0.25) is 5.89 Å². The summed E-state index contributed by atoms with van der Waals surface area (Å²) in [6.45, 7) is 2.61. The van der Waals surface area contributed by atoms with E-state index in [1.807, 2.05) is 38.2 Å². The van der Waals surface area contributed by atoms with E-state index in [-0.39, 0.29) is 6.04 Å². The lowest BCUT2D eigenvalue weighted by atomic mass is 10.2. The molecule has 0 amide bonds. The van der Waals surface area contributed by atoms with Crippen LogP contribution >= 0.6 is 15.9 Å². The lowest BCUT2D eigenvalue weighted by molar-refractivity contribution is 0.441. The van der Waals surface area contributed by atoms with Crippen molar-refractivity contribution in [1.82, 2.24) is 15.5 Å². The number of halogens is 1. The van der Waals surface area contributed by atoms with Crippen molar-refractivity contribution in [2.45, 2.75) is 19.5 Å². The van der Waals surface area contributed by atoms with Crippen LogP contribution in [0.4, 0.5) is 6.01 Å². The Morgan fingerprint density at radius 1 is 1.39 bits per heavy atom. The molecule has 1 heterocycles. The van der Waals surface area contributed by atoms with Crippen LogP contribution < -0.4 is 10.6 Å². The molecule has 0 aliphatic heterocycles. The summed E-state index contributed by atoms with van der Waals surface area (Å²) in [4.78, 5) is 0. The number of rotatable bonds is 5. The standard InChI is InChI=1S/C12H15BrN4O/c1-8(14-2)11-16-17-12(18-11)15-7-9-4-3-5-10(13)6-9/h3-6,8,14H,7H2,1-2H3,(H,15,17). The van der Waals surface area contributed by atoms with Crippen LogP contribution in [0.5, 0.6) is 0 Å². The van der Waals surface area contributed by atoms with Gasteiger partial charge in [0.25, 0.3) is 0 Å². The number of anilines is 1. The van der Waals surface area contributed by atoms with Gasteiger partial charge in [0, 0.05) is 11.0 Å². The summed E-state index contributed by atoms with van der Waals surface area (Å²) in [6, 6.07) is 8.55. The minimum atomic E-state index is 0.0546. The lowest BCUT2D eigenvalue weighted by Crippen LogP contribution is -2.12. The summed E-state index contributed by atoms with van der Waals surface area (Å²) in [5.74, 6) is 0.578. The molecule has 18 heavy (non-hydrogen) atoms. The average molecular weight is 311 g/mol. The molecule has 0 saturated heterocycles. The second kappa shape index (κ2) is 5.97. The van der Waals surface area contributed by atoms with E-state index in [0.717, 1.165) is 10.0 Å².